The average molecular weight is 170 g/mol. The number of halogens is 2. The normalized spacial score (nSPS) is 10.2. The predicted molar refractivity (Wildman–Crippen MR) is 43.7 cm³/mol. The smallest absolute Gasteiger partial charge is 0.280 e. The van der Waals surface area contributed by atoms with Crippen LogP contribution in [0.1, 0.15) is 5.56 Å². The van der Waals surface area contributed by atoms with Gasteiger partial charge in [0.15, 0.2) is 0 Å². The molecule has 0 spiro atoms. The third kappa shape index (κ3) is 1.58. The van der Waals surface area contributed by atoms with E-state index in [2.05, 4.69) is 0 Å². The molecule has 1 rings (SSSR count). The summed E-state index contributed by atoms with van der Waals surface area (Å²) >= 11 is 0. The Hall–Kier alpha value is -1.45. The highest BCUT2D eigenvalue weighted by atomic mass is 19.3. The monoisotopic (exact) mass is 170 g/mol. The molecule has 0 bridgehead atoms. The van der Waals surface area contributed by atoms with Gasteiger partial charge in [0, 0.05) is 11.3 Å². The van der Waals surface area contributed by atoms with E-state index in [1.807, 2.05) is 0 Å². The summed E-state index contributed by atoms with van der Waals surface area (Å²) in [4.78, 5) is 0. The predicted octanol–water partition coefficient (Wildman–Crippen LogP) is 1.90. The molecule has 0 amide bonds. The van der Waals surface area contributed by atoms with E-state index in [1.165, 1.54) is 12.1 Å². The summed E-state index contributed by atoms with van der Waals surface area (Å²) in [7, 11) is 0. The molecule has 0 aliphatic heterocycles. The van der Waals surface area contributed by atoms with Crippen molar-refractivity contribution in [1.29, 1.82) is 5.41 Å². The third-order valence-electron chi connectivity index (χ3n) is 1.47. The molecule has 0 saturated heterocycles. The molecule has 12 heavy (non-hydrogen) atoms. The molecule has 0 aliphatic rings. The quantitative estimate of drug-likeness (QED) is 0.517. The number of anilines is 1. The molecule has 64 valence electrons. The highest BCUT2D eigenvalue weighted by molar-refractivity contribution is 6.04. The van der Waals surface area contributed by atoms with Gasteiger partial charge < -0.3 is 5.73 Å². The van der Waals surface area contributed by atoms with E-state index in [0.717, 1.165) is 0 Å². The third-order valence-corrected chi connectivity index (χ3v) is 1.47. The van der Waals surface area contributed by atoms with Crippen LogP contribution in [0.25, 0.3) is 0 Å². The van der Waals surface area contributed by atoms with Crippen molar-refractivity contribution in [2.24, 2.45) is 0 Å². The van der Waals surface area contributed by atoms with Gasteiger partial charge in [0.2, 0.25) is 0 Å². The molecule has 0 aliphatic carbocycles. The van der Waals surface area contributed by atoms with Crippen LogP contribution in [0.5, 0.6) is 0 Å². The van der Waals surface area contributed by atoms with E-state index in [1.54, 1.807) is 12.1 Å². The molecule has 1 aromatic rings. The van der Waals surface area contributed by atoms with E-state index < -0.39 is 12.1 Å². The number of nitrogen functional groups attached to an aromatic ring is 1. The van der Waals surface area contributed by atoms with E-state index in [4.69, 9.17) is 11.1 Å². The lowest BCUT2D eigenvalue weighted by Crippen LogP contribution is -2.12. The van der Waals surface area contributed by atoms with Gasteiger partial charge in [-0.05, 0) is 6.07 Å². The first-order valence-electron chi connectivity index (χ1n) is 3.34. The first-order chi connectivity index (χ1) is 5.63. The maximum absolute atomic E-state index is 12.0. The molecular formula is C8H8F2N2. The molecular weight excluding hydrogens is 162 g/mol. The molecule has 3 N–H and O–H groups in total. The van der Waals surface area contributed by atoms with Crippen LogP contribution in [0.2, 0.25) is 0 Å². The molecule has 0 atom stereocenters. The Morgan fingerprint density at radius 2 is 1.92 bits per heavy atom. The lowest BCUT2D eigenvalue weighted by Gasteiger charge is -2.04. The Kier molecular flexibility index (Phi) is 2.38. The van der Waals surface area contributed by atoms with Crippen molar-refractivity contribution >= 4 is 11.4 Å². The second-order valence-electron chi connectivity index (χ2n) is 2.30. The van der Waals surface area contributed by atoms with E-state index in [0.29, 0.717) is 0 Å². The summed E-state index contributed by atoms with van der Waals surface area (Å²) in [6.45, 7) is 0. The molecule has 0 radical (unpaired) electrons. The van der Waals surface area contributed by atoms with E-state index in [9.17, 15) is 8.78 Å². The molecule has 0 saturated carbocycles. The van der Waals surface area contributed by atoms with Gasteiger partial charge in [-0.15, -0.1) is 0 Å². The Morgan fingerprint density at radius 3 is 2.42 bits per heavy atom. The average Bonchev–Trinajstić information content (AvgIpc) is 2.04. The Labute approximate surface area is 68.5 Å². The molecule has 0 unspecified atom stereocenters. The fourth-order valence-electron chi connectivity index (χ4n) is 0.860. The maximum atomic E-state index is 12.0. The molecule has 1 aromatic carbocycles. The van der Waals surface area contributed by atoms with Crippen molar-refractivity contribution < 1.29 is 8.78 Å². The van der Waals surface area contributed by atoms with Gasteiger partial charge in [0.05, 0.1) is 0 Å². The van der Waals surface area contributed by atoms with E-state index >= 15 is 0 Å². The lowest BCUT2D eigenvalue weighted by atomic mass is 10.1. The topological polar surface area (TPSA) is 49.9 Å². The van der Waals surface area contributed by atoms with Crippen molar-refractivity contribution in [2.45, 2.75) is 6.43 Å². The number of para-hydroxylation sites is 1. The minimum absolute atomic E-state index is 0.104. The van der Waals surface area contributed by atoms with Gasteiger partial charge in [0.1, 0.15) is 5.71 Å². The zero-order valence-corrected chi connectivity index (χ0v) is 6.22. The second-order valence-corrected chi connectivity index (χ2v) is 2.30. The van der Waals surface area contributed by atoms with Crippen molar-refractivity contribution in [3.63, 3.8) is 0 Å². The summed E-state index contributed by atoms with van der Waals surface area (Å²) in [6, 6.07) is 6.11. The number of hydrogen-bond acceptors (Lipinski definition) is 2. The minimum atomic E-state index is -2.77. The summed E-state index contributed by atoms with van der Waals surface area (Å²) in [6.07, 6.45) is -2.77. The number of hydrogen-bond donors (Lipinski definition) is 2. The van der Waals surface area contributed by atoms with Crippen LogP contribution in [-0.4, -0.2) is 12.1 Å². The summed E-state index contributed by atoms with van der Waals surface area (Å²) in [5.74, 6) is 0. The van der Waals surface area contributed by atoms with Gasteiger partial charge in [-0.3, -0.25) is 5.41 Å². The SMILES string of the molecule is N=C(c1ccccc1N)C(F)F. The van der Waals surface area contributed by atoms with Crippen molar-refractivity contribution in [2.75, 3.05) is 5.73 Å². The lowest BCUT2D eigenvalue weighted by molar-refractivity contribution is 0.225. The van der Waals surface area contributed by atoms with Crippen LogP contribution in [0.3, 0.4) is 0 Å². The first kappa shape index (κ1) is 8.64. The zero-order valence-electron chi connectivity index (χ0n) is 6.22. The number of nitrogens with one attached hydrogen (secondary N) is 1. The van der Waals surface area contributed by atoms with Crippen LogP contribution < -0.4 is 5.73 Å². The molecule has 0 heterocycles. The number of rotatable bonds is 2. The summed E-state index contributed by atoms with van der Waals surface area (Å²) in [5.41, 5.74) is 4.97. The van der Waals surface area contributed by atoms with Crippen molar-refractivity contribution in [3.8, 4) is 0 Å². The standard InChI is InChI=1S/C8H8F2N2/c9-8(10)7(12)5-3-1-2-4-6(5)11/h1-4,8,12H,11H2. The fourth-order valence-corrected chi connectivity index (χ4v) is 0.860. The van der Waals surface area contributed by atoms with Crippen molar-refractivity contribution in [3.05, 3.63) is 29.8 Å². The zero-order chi connectivity index (χ0) is 9.14. The summed E-state index contributed by atoms with van der Waals surface area (Å²) < 4.78 is 24.0. The van der Waals surface area contributed by atoms with E-state index in [-0.39, 0.29) is 11.3 Å². The molecule has 0 aromatic heterocycles. The highest BCUT2D eigenvalue weighted by Crippen LogP contribution is 2.14. The summed E-state index contributed by atoms with van der Waals surface area (Å²) in [5, 5.41) is 7.00. The van der Waals surface area contributed by atoms with Gasteiger partial charge in [-0.25, -0.2) is 8.78 Å². The van der Waals surface area contributed by atoms with Gasteiger partial charge in [0.25, 0.3) is 6.43 Å². The number of nitrogens with two attached hydrogens (primary N) is 1. The Balaban J connectivity index is 3.03. The van der Waals surface area contributed by atoms with Gasteiger partial charge in [-0.2, -0.15) is 0 Å². The highest BCUT2D eigenvalue weighted by Gasteiger charge is 2.14. The largest absolute Gasteiger partial charge is 0.398 e. The molecule has 0 fully saturated rings. The molecule has 2 nitrogen and oxygen atoms in total. The molecule has 4 heteroatoms. The van der Waals surface area contributed by atoms with Crippen molar-refractivity contribution in [1.82, 2.24) is 0 Å². The number of alkyl halides is 2. The Bertz CT molecular complexity index is 297. The number of benzene rings is 1. The van der Waals surface area contributed by atoms with Crippen LogP contribution in [0.15, 0.2) is 24.3 Å². The maximum Gasteiger partial charge on any atom is 0.280 e. The minimum Gasteiger partial charge on any atom is -0.398 e. The van der Waals surface area contributed by atoms with Gasteiger partial charge >= 0.3 is 0 Å². The van der Waals surface area contributed by atoms with Crippen LogP contribution in [-0.2, 0) is 0 Å². The Morgan fingerprint density at radius 1 is 1.33 bits per heavy atom. The fraction of sp³-hybridized carbons (Fsp3) is 0.125. The second kappa shape index (κ2) is 3.30. The first-order valence-corrected chi connectivity index (χ1v) is 3.34. The van der Waals surface area contributed by atoms with Gasteiger partial charge in [-0.1, -0.05) is 18.2 Å². The van der Waals surface area contributed by atoms with Crippen LogP contribution in [0, 0.1) is 5.41 Å². The van der Waals surface area contributed by atoms with Crippen LogP contribution >= 0.6 is 0 Å². The van der Waals surface area contributed by atoms with Crippen LogP contribution in [0.4, 0.5) is 14.5 Å².